The number of piperidine rings is 1. The molecule has 0 saturated carbocycles. The van der Waals surface area contributed by atoms with Gasteiger partial charge in [-0.05, 0) is 43.2 Å². The van der Waals surface area contributed by atoms with Crippen molar-refractivity contribution in [2.45, 2.75) is 64.8 Å². The average Bonchev–Trinajstić information content (AvgIpc) is 3.29. The van der Waals surface area contributed by atoms with Crippen molar-refractivity contribution in [3.63, 3.8) is 0 Å². The highest BCUT2D eigenvalue weighted by Crippen LogP contribution is 2.37. The van der Waals surface area contributed by atoms with Crippen LogP contribution in [0.3, 0.4) is 0 Å². The summed E-state index contributed by atoms with van der Waals surface area (Å²) in [5, 5.41) is 3.20. The van der Waals surface area contributed by atoms with Crippen LogP contribution < -0.4 is 10.1 Å². The molecule has 178 valence electrons. The van der Waals surface area contributed by atoms with E-state index in [2.05, 4.69) is 17.2 Å². The number of aryl methyl sites for hydroxylation is 1. The van der Waals surface area contributed by atoms with Crippen LogP contribution in [0.4, 0.5) is 0 Å². The van der Waals surface area contributed by atoms with Crippen molar-refractivity contribution >= 4 is 11.8 Å². The molecule has 2 amide bonds. The van der Waals surface area contributed by atoms with Crippen LogP contribution in [0.25, 0.3) is 0 Å². The number of aromatic nitrogens is 2. The number of carbonyl (C=O) groups is 2. The Morgan fingerprint density at radius 3 is 2.73 bits per heavy atom. The summed E-state index contributed by atoms with van der Waals surface area (Å²) in [6.45, 7) is 5.17. The molecular weight excluding hydrogens is 416 g/mol. The van der Waals surface area contributed by atoms with E-state index in [0.29, 0.717) is 31.0 Å². The number of nitrogens with one attached hydrogen (secondary N) is 1. The van der Waals surface area contributed by atoms with E-state index in [9.17, 15) is 9.59 Å². The van der Waals surface area contributed by atoms with Crippen molar-refractivity contribution < 1.29 is 14.3 Å². The zero-order valence-electron chi connectivity index (χ0n) is 19.7. The molecule has 1 fully saturated rings. The third kappa shape index (κ3) is 5.75. The van der Waals surface area contributed by atoms with Crippen molar-refractivity contribution in [2.75, 3.05) is 26.2 Å². The minimum Gasteiger partial charge on any atom is -0.493 e. The van der Waals surface area contributed by atoms with Gasteiger partial charge >= 0.3 is 0 Å². The molecular formula is C26H36N4O3. The third-order valence-electron chi connectivity index (χ3n) is 7.21. The van der Waals surface area contributed by atoms with Gasteiger partial charge in [-0.1, -0.05) is 38.3 Å². The molecule has 1 aromatic heterocycles. The molecule has 4 rings (SSSR count). The number of rotatable bonds is 3. The van der Waals surface area contributed by atoms with E-state index >= 15 is 0 Å². The van der Waals surface area contributed by atoms with Crippen LogP contribution in [0.15, 0.2) is 36.7 Å². The van der Waals surface area contributed by atoms with Crippen LogP contribution >= 0.6 is 0 Å². The second-order valence-electron chi connectivity index (χ2n) is 9.40. The molecule has 0 bridgehead atoms. The number of fused-ring (bicyclic) bond motifs is 1. The number of carbonyl (C=O) groups excluding carboxylic acids is 2. The molecule has 1 saturated heterocycles. The van der Waals surface area contributed by atoms with Crippen molar-refractivity contribution in [1.29, 1.82) is 0 Å². The fourth-order valence-corrected chi connectivity index (χ4v) is 5.07. The lowest BCUT2D eigenvalue weighted by atomic mass is 9.74. The normalized spacial score (nSPS) is 19.4. The average molecular weight is 453 g/mol. The van der Waals surface area contributed by atoms with E-state index in [-0.39, 0.29) is 17.2 Å². The molecule has 0 radical (unpaired) electrons. The fourth-order valence-electron chi connectivity index (χ4n) is 5.07. The summed E-state index contributed by atoms with van der Waals surface area (Å²) in [5.74, 6) is 1.68. The Bertz CT molecular complexity index is 947. The minimum atomic E-state index is -0.0741. The summed E-state index contributed by atoms with van der Waals surface area (Å²) in [7, 11) is 0. The molecule has 1 aromatic carbocycles. The van der Waals surface area contributed by atoms with Crippen LogP contribution in [0.1, 0.15) is 68.1 Å². The van der Waals surface area contributed by atoms with E-state index in [1.54, 1.807) is 6.20 Å². The first kappa shape index (κ1) is 23.3. The van der Waals surface area contributed by atoms with Gasteiger partial charge in [-0.15, -0.1) is 0 Å². The lowest BCUT2D eigenvalue weighted by Gasteiger charge is -2.42. The van der Waals surface area contributed by atoms with Gasteiger partial charge in [0.05, 0.1) is 12.2 Å². The predicted octanol–water partition coefficient (Wildman–Crippen LogP) is 3.83. The van der Waals surface area contributed by atoms with Gasteiger partial charge in [0.15, 0.2) is 0 Å². The minimum absolute atomic E-state index is 0.0415. The summed E-state index contributed by atoms with van der Waals surface area (Å²) >= 11 is 0. The van der Waals surface area contributed by atoms with Gasteiger partial charge in [-0.3, -0.25) is 9.59 Å². The number of hydrogen-bond acceptors (Lipinski definition) is 4. The van der Waals surface area contributed by atoms with E-state index in [1.807, 2.05) is 39.9 Å². The number of nitrogens with zero attached hydrogens (tertiary/aromatic N) is 3. The highest BCUT2D eigenvalue weighted by molar-refractivity contribution is 5.96. The topological polar surface area (TPSA) is 76.5 Å². The van der Waals surface area contributed by atoms with Crippen LogP contribution in [0.5, 0.6) is 5.75 Å². The lowest BCUT2D eigenvalue weighted by molar-refractivity contribution is -0.134. The third-order valence-corrected chi connectivity index (χ3v) is 7.21. The number of amides is 2. The number of para-hydroxylation sites is 1. The number of imidazole rings is 1. The second-order valence-corrected chi connectivity index (χ2v) is 9.40. The Balaban J connectivity index is 1.40. The summed E-state index contributed by atoms with van der Waals surface area (Å²) in [6.07, 6.45) is 11.8. The van der Waals surface area contributed by atoms with Gasteiger partial charge in [0.25, 0.3) is 5.91 Å². The van der Waals surface area contributed by atoms with Crippen molar-refractivity contribution in [2.24, 2.45) is 5.41 Å². The Hall–Kier alpha value is -2.83. The molecule has 0 aliphatic carbocycles. The maximum atomic E-state index is 13.0. The van der Waals surface area contributed by atoms with Crippen molar-refractivity contribution in [3.8, 4) is 5.75 Å². The number of hydrogen-bond donors (Lipinski definition) is 1. The maximum Gasteiger partial charge on any atom is 0.255 e. The molecule has 33 heavy (non-hydrogen) atoms. The smallest absolute Gasteiger partial charge is 0.255 e. The Kier molecular flexibility index (Phi) is 7.68. The first-order valence-corrected chi connectivity index (χ1v) is 12.4. The summed E-state index contributed by atoms with van der Waals surface area (Å²) in [4.78, 5) is 32.2. The molecule has 7 heteroatoms. The van der Waals surface area contributed by atoms with Gasteiger partial charge < -0.3 is 19.5 Å². The van der Waals surface area contributed by atoms with Gasteiger partial charge in [-0.2, -0.15) is 0 Å². The number of likely N-dealkylation sites (tertiary alicyclic amines) is 1. The molecule has 0 atom stereocenters. The van der Waals surface area contributed by atoms with Crippen LogP contribution in [-0.4, -0.2) is 52.5 Å². The van der Waals surface area contributed by atoms with E-state index in [1.165, 1.54) is 6.42 Å². The summed E-state index contributed by atoms with van der Waals surface area (Å²) in [6, 6.07) is 7.49. The Labute approximate surface area is 196 Å². The fraction of sp³-hybridized carbons (Fsp3) is 0.577. The molecule has 1 spiro atoms. The molecule has 1 N–H and O–H groups in total. The first-order chi connectivity index (χ1) is 16.1. The Morgan fingerprint density at radius 2 is 1.91 bits per heavy atom. The number of ether oxygens (including phenoxy) is 1. The zero-order chi connectivity index (χ0) is 23.1. The van der Waals surface area contributed by atoms with Crippen LogP contribution in [0.2, 0.25) is 0 Å². The predicted molar refractivity (Wildman–Crippen MR) is 127 cm³/mol. The van der Waals surface area contributed by atoms with Gasteiger partial charge in [0.1, 0.15) is 18.1 Å². The monoisotopic (exact) mass is 452 g/mol. The molecule has 2 aromatic rings. The molecule has 7 nitrogen and oxygen atoms in total. The van der Waals surface area contributed by atoms with Gasteiger partial charge in [0.2, 0.25) is 5.91 Å². The van der Waals surface area contributed by atoms with E-state index in [4.69, 9.17) is 4.74 Å². The van der Waals surface area contributed by atoms with E-state index < -0.39 is 0 Å². The molecule has 2 aliphatic rings. The number of benzene rings is 1. The quantitative estimate of drug-likeness (QED) is 0.768. The summed E-state index contributed by atoms with van der Waals surface area (Å²) in [5.41, 5.74) is 0.645. The zero-order valence-corrected chi connectivity index (χ0v) is 19.7. The van der Waals surface area contributed by atoms with Gasteiger partial charge in [-0.25, -0.2) is 4.98 Å². The largest absolute Gasteiger partial charge is 0.493 e. The van der Waals surface area contributed by atoms with E-state index in [0.717, 1.165) is 63.9 Å². The van der Waals surface area contributed by atoms with Crippen LogP contribution in [0, 0.1) is 5.41 Å². The maximum absolute atomic E-state index is 13.0. The lowest BCUT2D eigenvalue weighted by Crippen LogP contribution is -2.48. The first-order valence-electron chi connectivity index (χ1n) is 12.4. The highest BCUT2D eigenvalue weighted by atomic mass is 16.5. The standard InChI is InChI=1S/C26H36N4O3/c1-2-23-27-14-17-30(23)19-24(31)29-15-12-26(13-16-29)11-7-3-4-8-18-33-22-10-6-5-9-21(22)25(32)28-20-26/h5-6,9-10,14,17H,2-4,7-8,11-13,15-16,18-20H2,1H3,(H,28,32). The SMILES string of the molecule is CCc1nccn1CC(=O)N1CCC2(CCCCCCOc3ccccc3C(=O)NC2)CC1. The molecule has 0 unspecified atom stereocenters. The van der Waals surface area contributed by atoms with Gasteiger partial charge in [0, 0.05) is 38.4 Å². The Morgan fingerprint density at radius 1 is 1.12 bits per heavy atom. The highest BCUT2D eigenvalue weighted by Gasteiger charge is 2.36. The van der Waals surface area contributed by atoms with Crippen LogP contribution in [-0.2, 0) is 17.8 Å². The molecule has 2 aliphatic heterocycles. The second kappa shape index (κ2) is 10.9. The van der Waals surface area contributed by atoms with Crippen molar-refractivity contribution in [1.82, 2.24) is 19.8 Å². The molecule has 3 heterocycles. The summed E-state index contributed by atoms with van der Waals surface area (Å²) < 4.78 is 7.85. The van der Waals surface area contributed by atoms with Crippen molar-refractivity contribution in [3.05, 3.63) is 48.0 Å².